The minimum absolute atomic E-state index is 0.0403. The first kappa shape index (κ1) is 20.5. The second-order valence-corrected chi connectivity index (χ2v) is 7.39. The Morgan fingerprint density at radius 2 is 1.59 bits per heavy atom. The van der Waals surface area contributed by atoms with Crippen LogP contribution in [0.3, 0.4) is 0 Å². The second kappa shape index (κ2) is 8.03. The molecule has 0 spiro atoms. The molecule has 0 unspecified atom stereocenters. The maximum atomic E-state index is 12.5. The number of carbonyl (C=O) groups excluding carboxylic acids is 1. The molecule has 29 heavy (non-hydrogen) atoms. The lowest BCUT2D eigenvalue weighted by atomic mass is 9.88. The van der Waals surface area contributed by atoms with Crippen LogP contribution in [0.1, 0.15) is 49.7 Å². The molecular weight excluding hydrogens is 366 g/mol. The highest BCUT2D eigenvalue weighted by molar-refractivity contribution is 6.02. The summed E-state index contributed by atoms with van der Waals surface area (Å²) >= 11 is 0. The lowest BCUT2D eigenvalue weighted by Crippen LogP contribution is -2.10. The number of nitrogens with one attached hydrogen (secondary N) is 1. The summed E-state index contributed by atoms with van der Waals surface area (Å²) in [6, 6.07) is 8.19. The van der Waals surface area contributed by atoms with Crippen LogP contribution >= 0.6 is 0 Å². The minimum atomic E-state index is -0.370. The number of carbonyl (C=O) groups is 1. The third kappa shape index (κ3) is 3.99. The lowest BCUT2D eigenvalue weighted by Gasteiger charge is -2.18. The summed E-state index contributed by atoms with van der Waals surface area (Å²) in [4.78, 5) is 12.5. The summed E-state index contributed by atoms with van der Waals surface area (Å²) in [5.74, 6) is 0.900. The number of ether oxygens (including phenoxy) is 1. The molecule has 0 saturated heterocycles. The Hall–Kier alpha value is -3.21. The van der Waals surface area contributed by atoms with Crippen LogP contribution in [0.25, 0.3) is 0 Å². The van der Waals surface area contributed by atoms with E-state index in [4.69, 9.17) is 9.15 Å². The van der Waals surface area contributed by atoms with Crippen molar-refractivity contribution in [2.45, 2.75) is 41.0 Å². The predicted molar refractivity (Wildman–Crippen MR) is 114 cm³/mol. The number of rotatable bonds is 5. The molecule has 0 fully saturated rings. The molecule has 3 rings (SSSR count). The zero-order valence-electron chi connectivity index (χ0n) is 17.8. The summed E-state index contributed by atoms with van der Waals surface area (Å²) in [5.41, 5.74) is 8.16. The summed E-state index contributed by atoms with van der Waals surface area (Å²) in [7, 11) is 1.47. The quantitative estimate of drug-likeness (QED) is 0.610. The van der Waals surface area contributed by atoms with Crippen molar-refractivity contribution in [2.75, 3.05) is 12.4 Å². The summed E-state index contributed by atoms with van der Waals surface area (Å²) in [6.07, 6.45) is 0.635. The highest BCUT2D eigenvalue weighted by atomic mass is 16.5. The molecule has 2 aromatic carbocycles. The van der Waals surface area contributed by atoms with Gasteiger partial charge in [0.1, 0.15) is 5.76 Å². The predicted octanol–water partition coefficient (Wildman–Crippen LogP) is 5.38. The molecule has 152 valence electrons. The fourth-order valence-electron chi connectivity index (χ4n) is 3.57. The van der Waals surface area contributed by atoms with E-state index in [0.717, 1.165) is 5.76 Å². The Balaban J connectivity index is 1.79. The molecule has 0 radical (unpaired) electrons. The molecule has 1 amide bonds. The summed E-state index contributed by atoms with van der Waals surface area (Å²) in [6.45, 7) is 10.7. The first-order chi connectivity index (χ1) is 13.7. The van der Waals surface area contributed by atoms with Crippen LogP contribution in [-0.4, -0.2) is 18.1 Å². The Morgan fingerprint density at radius 3 is 2.17 bits per heavy atom. The van der Waals surface area contributed by atoms with Gasteiger partial charge in [0.05, 0.1) is 7.11 Å². The van der Waals surface area contributed by atoms with E-state index in [9.17, 15) is 9.90 Å². The van der Waals surface area contributed by atoms with Gasteiger partial charge in [0.25, 0.3) is 5.91 Å². The number of amides is 1. The molecule has 3 aromatic rings. The Morgan fingerprint density at radius 1 is 0.966 bits per heavy atom. The standard InChI is InChI=1S/C24H27NO4/c1-13-14(2)16(4)20(17(5)15(13)3)12-19-8-10-23(29-19)24(27)25-18-7-9-22(28-6)21(26)11-18/h7-11,26H,12H2,1-6H3,(H,25,27). The van der Waals surface area contributed by atoms with Gasteiger partial charge in [-0.1, -0.05) is 0 Å². The number of furan rings is 1. The summed E-state index contributed by atoms with van der Waals surface area (Å²) < 4.78 is 10.8. The van der Waals surface area contributed by atoms with E-state index < -0.39 is 0 Å². The Bertz CT molecular complexity index is 1050. The van der Waals surface area contributed by atoms with Crippen LogP contribution in [0.15, 0.2) is 34.7 Å². The van der Waals surface area contributed by atoms with Crippen molar-refractivity contribution in [1.29, 1.82) is 0 Å². The third-order valence-corrected chi connectivity index (χ3v) is 5.83. The van der Waals surface area contributed by atoms with Gasteiger partial charge < -0.3 is 19.6 Å². The van der Waals surface area contributed by atoms with Gasteiger partial charge in [-0.05, 0) is 92.3 Å². The van der Waals surface area contributed by atoms with Crippen LogP contribution < -0.4 is 10.1 Å². The average Bonchev–Trinajstić information content (AvgIpc) is 3.17. The molecule has 5 nitrogen and oxygen atoms in total. The second-order valence-electron chi connectivity index (χ2n) is 7.39. The number of phenolic OH excluding ortho intramolecular Hbond substituents is 1. The van der Waals surface area contributed by atoms with Gasteiger partial charge in [-0.25, -0.2) is 0 Å². The maximum Gasteiger partial charge on any atom is 0.291 e. The van der Waals surface area contributed by atoms with E-state index >= 15 is 0 Å². The lowest BCUT2D eigenvalue weighted by molar-refractivity contribution is 0.0995. The summed E-state index contributed by atoms with van der Waals surface area (Å²) in [5, 5.41) is 12.6. The Kier molecular flexibility index (Phi) is 5.69. The van der Waals surface area contributed by atoms with E-state index in [2.05, 4.69) is 39.9 Å². The highest BCUT2D eigenvalue weighted by Crippen LogP contribution is 2.30. The smallest absolute Gasteiger partial charge is 0.291 e. The van der Waals surface area contributed by atoms with E-state index in [0.29, 0.717) is 17.9 Å². The number of phenols is 1. The van der Waals surface area contributed by atoms with Crippen molar-refractivity contribution in [2.24, 2.45) is 0 Å². The average molecular weight is 393 g/mol. The number of aromatic hydroxyl groups is 1. The van der Waals surface area contributed by atoms with Gasteiger partial charge in [-0.3, -0.25) is 4.79 Å². The number of hydrogen-bond donors (Lipinski definition) is 2. The molecule has 2 N–H and O–H groups in total. The van der Waals surface area contributed by atoms with Crippen molar-refractivity contribution in [3.63, 3.8) is 0 Å². The normalized spacial score (nSPS) is 10.8. The highest BCUT2D eigenvalue weighted by Gasteiger charge is 2.16. The topological polar surface area (TPSA) is 71.7 Å². The van der Waals surface area contributed by atoms with Crippen LogP contribution in [-0.2, 0) is 6.42 Å². The molecule has 1 aromatic heterocycles. The van der Waals surface area contributed by atoms with Crippen molar-refractivity contribution in [3.8, 4) is 11.5 Å². The zero-order valence-corrected chi connectivity index (χ0v) is 17.8. The number of benzene rings is 2. The zero-order chi connectivity index (χ0) is 21.3. The minimum Gasteiger partial charge on any atom is -0.504 e. The van der Waals surface area contributed by atoms with E-state index in [1.165, 1.54) is 46.6 Å². The molecule has 0 aliphatic carbocycles. The fourth-order valence-corrected chi connectivity index (χ4v) is 3.57. The van der Waals surface area contributed by atoms with Gasteiger partial charge in [-0.15, -0.1) is 0 Å². The van der Waals surface area contributed by atoms with E-state index in [-0.39, 0.29) is 17.4 Å². The molecule has 1 heterocycles. The number of anilines is 1. The van der Waals surface area contributed by atoms with Gasteiger partial charge in [-0.2, -0.15) is 0 Å². The van der Waals surface area contributed by atoms with Crippen LogP contribution in [0, 0.1) is 34.6 Å². The fraction of sp³-hybridized carbons (Fsp3) is 0.292. The monoisotopic (exact) mass is 393 g/mol. The molecule has 0 bridgehead atoms. The SMILES string of the molecule is COc1ccc(NC(=O)c2ccc(Cc3c(C)c(C)c(C)c(C)c3C)o2)cc1O. The third-order valence-electron chi connectivity index (χ3n) is 5.83. The molecular formula is C24H27NO4. The van der Waals surface area contributed by atoms with Gasteiger partial charge >= 0.3 is 0 Å². The number of hydrogen-bond acceptors (Lipinski definition) is 4. The first-order valence-electron chi connectivity index (χ1n) is 9.55. The maximum absolute atomic E-state index is 12.5. The Labute approximate surface area is 171 Å². The van der Waals surface area contributed by atoms with E-state index in [1.807, 2.05) is 6.07 Å². The van der Waals surface area contributed by atoms with Crippen molar-refractivity contribution < 1.29 is 19.1 Å². The molecule has 0 aliphatic heterocycles. The van der Waals surface area contributed by atoms with Gasteiger partial charge in [0.2, 0.25) is 0 Å². The van der Waals surface area contributed by atoms with Gasteiger partial charge in [0, 0.05) is 18.2 Å². The van der Waals surface area contributed by atoms with Crippen molar-refractivity contribution in [3.05, 3.63) is 75.2 Å². The molecule has 0 atom stereocenters. The van der Waals surface area contributed by atoms with Crippen LogP contribution in [0.5, 0.6) is 11.5 Å². The van der Waals surface area contributed by atoms with Gasteiger partial charge in [0.15, 0.2) is 17.3 Å². The molecule has 0 aliphatic rings. The van der Waals surface area contributed by atoms with E-state index in [1.54, 1.807) is 18.2 Å². The largest absolute Gasteiger partial charge is 0.504 e. The molecule has 5 heteroatoms. The van der Waals surface area contributed by atoms with Crippen molar-refractivity contribution >= 4 is 11.6 Å². The number of methoxy groups -OCH3 is 1. The van der Waals surface area contributed by atoms with Crippen LogP contribution in [0.4, 0.5) is 5.69 Å². The molecule has 0 saturated carbocycles. The van der Waals surface area contributed by atoms with Crippen LogP contribution in [0.2, 0.25) is 0 Å². The van der Waals surface area contributed by atoms with Crippen molar-refractivity contribution in [1.82, 2.24) is 0 Å². The first-order valence-corrected chi connectivity index (χ1v) is 9.55.